The Morgan fingerprint density at radius 3 is 2.54 bits per heavy atom. The molecule has 1 N–H and O–H groups in total. The summed E-state index contributed by atoms with van der Waals surface area (Å²) in [6.07, 6.45) is 5.19. The molecular weight excluding hydrogens is 392 g/mol. The maximum absolute atomic E-state index is 11.9. The van der Waals surface area contributed by atoms with Gasteiger partial charge in [0.1, 0.15) is 5.75 Å². The Labute approximate surface area is 160 Å². The Morgan fingerprint density at radius 1 is 1.00 bits per heavy atom. The zero-order valence-corrected chi connectivity index (χ0v) is 15.5. The number of halogens is 1. The van der Waals surface area contributed by atoms with Crippen LogP contribution in [0, 0.1) is 0 Å². The highest BCUT2D eigenvalue weighted by atomic mass is 79.9. The molecule has 0 aliphatic heterocycles. The molecule has 0 fully saturated rings. The fourth-order valence-electron chi connectivity index (χ4n) is 2.41. The number of amides is 1. The molecule has 0 atom stereocenters. The highest BCUT2D eigenvalue weighted by Crippen LogP contribution is 2.31. The number of benzene rings is 3. The van der Waals surface area contributed by atoms with E-state index in [4.69, 9.17) is 4.74 Å². The van der Waals surface area contributed by atoms with Crippen LogP contribution in [0.4, 0.5) is 0 Å². The molecule has 0 saturated heterocycles. The van der Waals surface area contributed by atoms with E-state index >= 15 is 0 Å². The second kappa shape index (κ2) is 8.97. The number of nitrogens with zero attached hydrogens (tertiary/aromatic N) is 1. The van der Waals surface area contributed by atoms with Crippen molar-refractivity contribution in [1.82, 2.24) is 5.43 Å². The lowest BCUT2D eigenvalue weighted by Gasteiger charge is -2.09. The van der Waals surface area contributed by atoms with Gasteiger partial charge in [0.2, 0.25) is 0 Å². The van der Waals surface area contributed by atoms with Gasteiger partial charge >= 0.3 is 0 Å². The SMILES string of the molecule is O=C(COc1ccc(Br)c2ccccc12)NN=C/C=C/c1ccccc1. The molecule has 4 nitrogen and oxygen atoms in total. The van der Waals surface area contributed by atoms with Gasteiger partial charge in [0.15, 0.2) is 6.61 Å². The van der Waals surface area contributed by atoms with Crippen LogP contribution in [0.3, 0.4) is 0 Å². The van der Waals surface area contributed by atoms with Crippen molar-refractivity contribution < 1.29 is 9.53 Å². The van der Waals surface area contributed by atoms with Gasteiger partial charge in [-0.05, 0) is 29.2 Å². The maximum atomic E-state index is 11.9. The molecule has 0 aromatic heterocycles. The van der Waals surface area contributed by atoms with Crippen LogP contribution >= 0.6 is 15.9 Å². The van der Waals surface area contributed by atoms with Gasteiger partial charge in [-0.25, -0.2) is 5.43 Å². The number of hydrogen-bond acceptors (Lipinski definition) is 3. The predicted octanol–water partition coefficient (Wildman–Crippen LogP) is 4.80. The molecule has 0 aliphatic rings. The quantitative estimate of drug-likeness (QED) is 0.470. The van der Waals surface area contributed by atoms with Gasteiger partial charge in [-0.3, -0.25) is 4.79 Å². The third-order valence-electron chi connectivity index (χ3n) is 3.63. The number of carbonyl (C=O) groups is 1. The van der Waals surface area contributed by atoms with Crippen LogP contribution < -0.4 is 10.2 Å². The van der Waals surface area contributed by atoms with Gasteiger partial charge in [0, 0.05) is 16.1 Å². The van der Waals surface area contributed by atoms with E-state index in [0.717, 1.165) is 20.8 Å². The first-order valence-corrected chi connectivity index (χ1v) is 8.87. The van der Waals surface area contributed by atoms with Crippen molar-refractivity contribution in [2.24, 2.45) is 5.10 Å². The van der Waals surface area contributed by atoms with Crippen LogP contribution in [-0.2, 0) is 4.79 Å². The summed E-state index contributed by atoms with van der Waals surface area (Å²) in [5.74, 6) is 0.341. The summed E-state index contributed by atoms with van der Waals surface area (Å²) in [7, 11) is 0. The van der Waals surface area contributed by atoms with E-state index in [2.05, 4.69) is 26.5 Å². The van der Waals surface area contributed by atoms with Crippen LogP contribution in [0.1, 0.15) is 5.56 Å². The van der Waals surface area contributed by atoms with E-state index in [9.17, 15) is 4.79 Å². The summed E-state index contributed by atoms with van der Waals surface area (Å²) in [6.45, 7) is -0.106. The summed E-state index contributed by atoms with van der Waals surface area (Å²) in [6, 6.07) is 21.4. The van der Waals surface area contributed by atoms with E-state index in [1.165, 1.54) is 6.21 Å². The average molecular weight is 409 g/mol. The highest BCUT2D eigenvalue weighted by molar-refractivity contribution is 9.10. The Hall–Kier alpha value is -2.92. The Bertz CT molecular complexity index is 953. The Balaban J connectivity index is 1.52. The smallest absolute Gasteiger partial charge is 0.277 e. The normalized spacial score (nSPS) is 11.3. The lowest BCUT2D eigenvalue weighted by Crippen LogP contribution is -2.24. The first kappa shape index (κ1) is 17.9. The van der Waals surface area contributed by atoms with Crippen LogP contribution in [0.15, 0.2) is 82.4 Å². The zero-order chi connectivity index (χ0) is 18.2. The van der Waals surface area contributed by atoms with Crippen molar-refractivity contribution in [3.8, 4) is 5.75 Å². The number of rotatable bonds is 6. The zero-order valence-electron chi connectivity index (χ0n) is 13.9. The Morgan fingerprint density at radius 2 is 1.73 bits per heavy atom. The fourth-order valence-corrected chi connectivity index (χ4v) is 2.88. The highest BCUT2D eigenvalue weighted by Gasteiger charge is 2.07. The van der Waals surface area contributed by atoms with Crippen molar-refractivity contribution in [1.29, 1.82) is 0 Å². The first-order chi connectivity index (χ1) is 12.7. The number of fused-ring (bicyclic) bond motifs is 1. The average Bonchev–Trinajstić information content (AvgIpc) is 2.68. The van der Waals surface area contributed by atoms with Crippen LogP contribution in [-0.4, -0.2) is 18.7 Å². The standard InChI is InChI=1S/C21H17BrN2O2/c22-19-12-13-20(18-11-5-4-10-17(18)19)26-15-21(25)24-23-14-6-9-16-7-2-1-3-8-16/h1-14H,15H2,(H,24,25)/b9-6+,23-14?. The maximum Gasteiger partial charge on any atom is 0.277 e. The van der Waals surface area contributed by atoms with Crippen LogP contribution in [0.25, 0.3) is 16.8 Å². The molecule has 0 radical (unpaired) electrons. The third kappa shape index (κ3) is 4.80. The molecule has 130 valence electrons. The number of allylic oxidation sites excluding steroid dienone is 1. The molecule has 0 bridgehead atoms. The van der Waals surface area contributed by atoms with Crippen LogP contribution in [0.5, 0.6) is 5.75 Å². The van der Waals surface area contributed by atoms with Gasteiger partial charge in [-0.2, -0.15) is 5.10 Å². The van der Waals surface area contributed by atoms with Gasteiger partial charge in [0.05, 0.1) is 0 Å². The number of ether oxygens (including phenoxy) is 1. The van der Waals surface area contributed by atoms with Crippen LogP contribution in [0.2, 0.25) is 0 Å². The first-order valence-electron chi connectivity index (χ1n) is 8.08. The topological polar surface area (TPSA) is 50.7 Å². The molecule has 3 rings (SSSR count). The molecule has 0 heterocycles. The molecule has 0 spiro atoms. The number of hydrogen-bond donors (Lipinski definition) is 1. The summed E-state index contributed by atoms with van der Waals surface area (Å²) < 4.78 is 6.62. The van der Waals surface area contributed by atoms with Crippen molar-refractivity contribution in [2.75, 3.05) is 6.61 Å². The molecule has 3 aromatic rings. The largest absolute Gasteiger partial charge is 0.483 e. The summed E-state index contributed by atoms with van der Waals surface area (Å²) in [5.41, 5.74) is 3.51. The minimum absolute atomic E-state index is 0.106. The molecular formula is C21H17BrN2O2. The molecule has 1 amide bonds. The van der Waals surface area contributed by atoms with Crippen molar-refractivity contribution >= 4 is 44.9 Å². The summed E-state index contributed by atoms with van der Waals surface area (Å²) in [5, 5.41) is 5.86. The fraction of sp³-hybridized carbons (Fsp3) is 0.0476. The summed E-state index contributed by atoms with van der Waals surface area (Å²) >= 11 is 3.52. The number of nitrogens with one attached hydrogen (secondary N) is 1. The van der Waals surface area contributed by atoms with Crippen molar-refractivity contribution in [2.45, 2.75) is 0 Å². The molecule has 0 saturated carbocycles. The van der Waals surface area contributed by atoms with Gasteiger partial charge in [-0.1, -0.05) is 76.6 Å². The molecule has 5 heteroatoms. The number of carbonyl (C=O) groups excluding carboxylic acids is 1. The molecule has 0 unspecified atom stereocenters. The minimum atomic E-state index is -0.318. The van der Waals surface area contributed by atoms with Gasteiger partial charge < -0.3 is 4.74 Å². The lowest BCUT2D eigenvalue weighted by molar-refractivity contribution is -0.123. The molecule has 0 aliphatic carbocycles. The summed E-state index contributed by atoms with van der Waals surface area (Å²) in [4.78, 5) is 11.9. The van der Waals surface area contributed by atoms with Gasteiger partial charge in [0.25, 0.3) is 5.91 Å². The minimum Gasteiger partial charge on any atom is -0.483 e. The lowest BCUT2D eigenvalue weighted by atomic mass is 10.1. The second-order valence-corrected chi connectivity index (χ2v) is 6.32. The Kier molecular flexibility index (Phi) is 6.17. The third-order valence-corrected chi connectivity index (χ3v) is 4.32. The van der Waals surface area contributed by atoms with Crippen molar-refractivity contribution in [3.05, 3.63) is 82.8 Å². The van der Waals surface area contributed by atoms with E-state index < -0.39 is 0 Å². The van der Waals surface area contributed by atoms with E-state index in [0.29, 0.717) is 5.75 Å². The second-order valence-electron chi connectivity index (χ2n) is 5.46. The molecule has 26 heavy (non-hydrogen) atoms. The van der Waals surface area contributed by atoms with Gasteiger partial charge in [-0.15, -0.1) is 0 Å². The van der Waals surface area contributed by atoms with E-state index in [1.54, 1.807) is 6.08 Å². The van der Waals surface area contributed by atoms with E-state index in [1.807, 2.05) is 72.8 Å². The van der Waals surface area contributed by atoms with Crippen molar-refractivity contribution in [3.63, 3.8) is 0 Å². The van der Waals surface area contributed by atoms with E-state index in [-0.39, 0.29) is 12.5 Å². The molecule has 3 aromatic carbocycles. The predicted molar refractivity (Wildman–Crippen MR) is 109 cm³/mol. The number of hydrazone groups is 1. The monoisotopic (exact) mass is 408 g/mol.